The molecule has 0 aromatic rings. The van der Waals surface area contributed by atoms with Crippen LogP contribution in [0.2, 0.25) is 0 Å². The highest BCUT2D eigenvalue weighted by Gasteiger charge is 2.49. The third-order valence-corrected chi connectivity index (χ3v) is 6.86. The van der Waals surface area contributed by atoms with Gasteiger partial charge >= 0.3 is 0 Å². The summed E-state index contributed by atoms with van der Waals surface area (Å²) in [6.45, 7) is 12.6. The summed E-state index contributed by atoms with van der Waals surface area (Å²) in [6.07, 6.45) is 2.32. The third kappa shape index (κ3) is 6.25. The molecule has 1 heterocycles. The molecule has 0 aliphatic carbocycles. The molecule has 0 unspecified atom stereocenters. The Labute approximate surface area is 150 Å². The number of likely N-dealkylation sites (N-methyl/N-ethyl adjacent to an activating group) is 1. The fourth-order valence-corrected chi connectivity index (χ4v) is 3.86. The van der Waals surface area contributed by atoms with E-state index in [4.69, 9.17) is 14.6 Å². The zero-order valence-electron chi connectivity index (χ0n) is 15.8. The summed E-state index contributed by atoms with van der Waals surface area (Å²) in [7, 11) is 4.62. The summed E-state index contributed by atoms with van der Waals surface area (Å²) in [6, 6.07) is 0.614. The molecule has 1 N–H and O–H groups in total. The molecule has 1 fully saturated rings. The number of quaternary nitrogens is 1. The van der Waals surface area contributed by atoms with Crippen LogP contribution in [0.4, 0.5) is 0 Å². The highest BCUT2D eigenvalue weighted by molar-refractivity contribution is 9.07. The number of aliphatic hydroxyl groups excluding tert-OH is 1. The molecule has 0 aromatic heterocycles. The predicted octanol–water partition coefficient (Wildman–Crippen LogP) is 2.42. The van der Waals surface area contributed by atoms with Crippen LogP contribution in [-0.2, 0) is 9.47 Å². The standard InChI is InChI=1S/C17H36BrN2O3/c1-16(2)13-15(14-17(3,4)19(16)18)20(5,6)7-9-22-11-12-23-10-8-21/h15,21H,7-14H2,1-6H3/q+1. The van der Waals surface area contributed by atoms with E-state index >= 15 is 0 Å². The van der Waals surface area contributed by atoms with Crippen LogP contribution in [-0.4, -0.2) is 84.3 Å². The van der Waals surface area contributed by atoms with Gasteiger partial charge in [-0.3, -0.25) is 0 Å². The van der Waals surface area contributed by atoms with E-state index in [1.807, 2.05) is 0 Å². The Morgan fingerprint density at radius 3 is 1.96 bits per heavy atom. The highest BCUT2D eigenvalue weighted by Crippen LogP contribution is 2.43. The summed E-state index contributed by atoms with van der Waals surface area (Å²) in [5.74, 6) is 0. The van der Waals surface area contributed by atoms with Gasteiger partial charge in [0.15, 0.2) is 0 Å². The average Bonchev–Trinajstić information content (AvgIpc) is 2.43. The van der Waals surface area contributed by atoms with Crippen LogP contribution < -0.4 is 0 Å². The minimum atomic E-state index is 0.0712. The van der Waals surface area contributed by atoms with Crippen LogP contribution >= 0.6 is 16.1 Å². The van der Waals surface area contributed by atoms with E-state index in [2.05, 4.69) is 61.9 Å². The van der Waals surface area contributed by atoms with Crippen molar-refractivity contribution in [3.8, 4) is 0 Å². The van der Waals surface area contributed by atoms with Gasteiger partial charge < -0.3 is 19.1 Å². The third-order valence-electron chi connectivity index (χ3n) is 4.94. The van der Waals surface area contributed by atoms with Crippen LogP contribution in [0.5, 0.6) is 0 Å². The first-order valence-corrected chi connectivity index (χ1v) is 9.29. The Balaban J connectivity index is 2.46. The first-order valence-electron chi connectivity index (χ1n) is 8.58. The Kier molecular flexibility index (Phi) is 7.96. The van der Waals surface area contributed by atoms with E-state index in [9.17, 15) is 0 Å². The summed E-state index contributed by atoms with van der Waals surface area (Å²) in [5.41, 5.74) is 0.280. The van der Waals surface area contributed by atoms with Crippen molar-refractivity contribution >= 4 is 16.1 Å². The lowest BCUT2D eigenvalue weighted by molar-refractivity contribution is -0.918. The Morgan fingerprint density at radius 2 is 1.48 bits per heavy atom. The minimum Gasteiger partial charge on any atom is -0.394 e. The highest BCUT2D eigenvalue weighted by atomic mass is 79.9. The van der Waals surface area contributed by atoms with E-state index in [1.165, 1.54) is 0 Å². The summed E-state index contributed by atoms with van der Waals surface area (Å²) in [4.78, 5) is 0. The molecule has 1 aliphatic heterocycles. The predicted molar refractivity (Wildman–Crippen MR) is 97.6 cm³/mol. The molecule has 0 radical (unpaired) electrons. The molecule has 5 nitrogen and oxygen atoms in total. The molecule has 1 saturated heterocycles. The Bertz CT molecular complexity index is 344. The van der Waals surface area contributed by atoms with Gasteiger partial charge in [-0.25, -0.2) is 3.93 Å². The molecule has 0 amide bonds. The molecule has 0 spiro atoms. The first-order chi connectivity index (χ1) is 10.5. The van der Waals surface area contributed by atoms with Crippen molar-refractivity contribution in [2.24, 2.45) is 0 Å². The monoisotopic (exact) mass is 395 g/mol. The SMILES string of the molecule is CC1(C)CC([N+](C)(C)CCOCCOCCO)CC(C)(C)N1Br. The molecule has 1 rings (SSSR count). The number of ether oxygens (including phenoxy) is 2. The second-order valence-corrected chi connectivity index (χ2v) is 9.13. The molecule has 0 bridgehead atoms. The molecule has 0 saturated carbocycles. The number of aliphatic hydroxyl groups is 1. The van der Waals surface area contributed by atoms with E-state index in [1.54, 1.807) is 0 Å². The van der Waals surface area contributed by atoms with Gasteiger partial charge in [-0.15, -0.1) is 0 Å². The van der Waals surface area contributed by atoms with E-state index in [-0.39, 0.29) is 17.7 Å². The van der Waals surface area contributed by atoms with Crippen LogP contribution in [0.25, 0.3) is 0 Å². The largest absolute Gasteiger partial charge is 0.394 e. The quantitative estimate of drug-likeness (QED) is 0.369. The molecule has 0 aromatic carbocycles. The molecular weight excluding hydrogens is 360 g/mol. The van der Waals surface area contributed by atoms with Crippen LogP contribution in [0, 0.1) is 0 Å². The zero-order chi connectivity index (χ0) is 17.7. The molecule has 6 heteroatoms. The Hall–Kier alpha value is 0.280. The normalized spacial score (nSPS) is 22.4. The summed E-state index contributed by atoms with van der Waals surface area (Å²) in [5, 5.41) is 8.65. The van der Waals surface area contributed by atoms with E-state index < -0.39 is 0 Å². The molecule has 0 atom stereocenters. The van der Waals surface area contributed by atoms with Crippen LogP contribution in [0.15, 0.2) is 0 Å². The second-order valence-electron chi connectivity index (χ2n) is 8.42. The zero-order valence-corrected chi connectivity index (χ0v) is 17.4. The fourth-order valence-electron chi connectivity index (χ4n) is 3.57. The maximum Gasteiger partial charge on any atom is 0.102 e. The number of hydrogen-bond donors (Lipinski definition) is 1. The van der Waals surface area contributed by atoms with Crippen molar-refractivity contribution in [1.82, 2.24) is 3.93 Å². The molecular formula is C17H36BrN2O3+. The van der Waals surface area contributed by atoms with Gasteiger partial charge in [-0.2, -0.15) is 0 Å². The van der Waals surface area contributed by atoms with Gasteiger partial charge in [0.05, 0.1) is 53.2 Å². The number of halogens is 1. The van der Waals surface area contributed by atoms with Crippen molar-refractivity contribution in [2.45, 2.75) is 57.7 Å². The second kappa shape index (κ2) is 8.59. The van der Waals surface area contributed by atoms with Crippen molar-refractivity contribution in [3.63, 3.8) is 0 Å². The van der Waals surface area contributed by atoms with Crippen LogP contribution in [0.1, 0.15) is 40.5 Å². The maximum atomic E-state index is 8.65. The van der Waals surface area contributed by atoms with Crippen molar-refractivity contribution in [3.05, 3.63) is 0 Å². The first kappa shape index (κ1) is 21.3. The average molecular weight is 396 g/mol. The fraction of sp³-hybridized carbons (Fsp3) is 1.00. The van der Waals surface area contributed by atoms with E-state index in [0.29, 0.717) is 25.9 Å². The van der Waals surface area contributed by atoms with Crippen molar-refractivity contribution < 1.29 is 19.1 Å². The summed E-state index contributed by atoms with van der Waals surface area (Å²) >= 11 is 3.79. The topological polar surface area (TPSA) is 41.9 Å². The van der Waals surface area contributed by atoms with Gasteiger partial charge in [0.2, 0.25) is 0 Å². The summed E-state index contributed by atoms with van der Waals surface area (Å²) < 4.78 is 14.2. The van der Waals surface area contributed by atoms with Gasteiger partial charge in [0.25, 0.3) is 0 Å². The van der Waals surface area contributed by atoms with Crippen molar-refractivity contribution in [1.29, 1.82) is 0 Å². The van der Waals surface area contributed by atoms with Crippen LogP contribution in [0.3, 0.4) is 0 Å². The number of nitrogens with zero attached hydrogens (tertiary/aromatic N) is 2. The van der Waals surface area contributed by atoms with Gasteiger partial charge in [-0.05, 0) is 27.7 Å². The number of rotatable bonds is 9. The lowest BCUT2D eigenvalue weighted by atomic mass is 9.78. The number of hydrogen-bond acceptors (Lipinski definition) is 4. The Morgan fingerprint density at radius 1 is 1.00 bits per heavy atom. The van der Waals surface area contributed by atoms with Gasteiger partial charge in [0.1, 0.15) is 6.54 Å². The van der Waals surface area contributed by atoms with E-state index in [0.717, 1.165) is 30.5 Å². The minimum absolute atomic E-state index is 0.0712. The lowest BCUT2D eigenvalue weighted by Gasteiger charge is -2.55. The van der Waals surface area contributed by atoms with Gasteiger partial charge in [-0.1, -0.05) is 0 Å². The molecule has 138 valence electrons. The molecule has 1 aliphatic rings. The number of piperidine rings is 1. The van der Waals surface area contributed by atoms with Crippen molar-refractivity contribution in [2.75, 3.05) is 53.7 Å². The smallest absolute Gasteiger partial charge is 0.102 e. The molecule has 23 heavy (non-hydrogen) atoms. The van der Waals surface area contributed by atoms with Gasteiger partial charge in [0, 0.05) is 40.1 Å². The maximum absolute atomic E-state index is 8.65. The lowest BCUT2D eigenvalue weighted by Crippen LogP contribution is -2.64.